The molecule has 0 saturated heterocycles. The number of benzene rings is 1. The molecule has 3 aromatic rings. The van der Waals surface area contributed by atoms with Gasteiger partial charge in [-0.25, -0.2) is 4.98 Å². The Labute approximate surface area is 161 Å². The molecular formula is C20H21N3O3S. The number of thioether (sulfide) groups is 1. The first-order valence-electron chi connectivity index (χ1n) is 8.89. The minimum Gasteiger partial charge on any atom is -0.492 e. The smallest absolute Gasteiger partial charge is 0.276 e. The van der Waals surface area contributed by atoms with Crippen LogP contribution in [0, 0.1) is 0 Å². The lowest BCUT2D eigenvalue weighted by Gasteiger charge is -2.13. The third kappa shape index (κ3) is 3.23. The molecule has 1 aromatic carbocycles. The van der Waals surface area contributed by atoms with Crippen LogP contribution >= 0.6 is 11.8 Å². The van der Waals surface area contributed by atoms with Gasteiger partial charge in [-0.1, -0.05) is 17.8 Å². The topological polar surface area (TPSA) is 64.9 Å². The highest BCUT2D eigenvalue weighted by Gasteiger charge is 2.24. The standard InChI is InChI=1S/C20H21N3O3S/c1-4-25-17-10-13-9-12(2)26-16(13)11-14(17)21-19(24)18-15-7-5-6-8-23(15)20(22-18)27-3/h5-8,10-12H,4,9H2,1-3H3,(H,21,24)/t12-/m1/s1. The van der Waals surface area contributed by atoms with Crippen LogP contribution in [0.1, 0.15) is 29.9 Å². The van der Waals surface area contributed by atoms with Gasteiger partial charge in [0.25, 0.3) is 5.91 Å². The molecule has 27 heavy (non-hydrogen) atoms. The number of rotatable bonds is 5. The number of anilines is 1. The predicted octanol–water partition coefficient (Wildman–Crippen LogP) is 4.03. The summed E-state index contributed by atoms with van der Waals surface area (Å²) in [5.74, 6) is 1.17. The van der Waals surface area contributed by atoms with Gasteiger partial charge in [0.1, 0.15) is 17.6 Å². The highest BCUT2D eigenvalue weighted by Crippen LogP contribution is 2.38. The molecule has 1 N–H and O–H groups in total. The summed E-state index contributed by atoms with van der Waals surface area (Å²) in [6, 6.07) is 9.50. The highest BCUT2D eigenvalue weighted by molar-refractivity contribution is 7.98. The summed E-state index contributed by atoms with van der Waals surface area (Å²) >= 11 is 1.50. The molecule has 0 fully saturated rings. The molecule has 6 nitrogen and oxygen atoms in total. The largest absolute Gasteiger partial charge is 0.492 e. The third-order valence-electron chi connectivity index (χ3n) is 4.46. The molecule has 7 heteroatoms. The van der Waals surface area contributed by atoms with Gasteiger partial charge in [0.2, 0.25) is 0 Å². The van der Waals surface area contributed by atoms with Crippen molar-refractivity contribution in [3.05, 3.63) is 47.8 Å². The molecular weight excluding hydrogens is 362 g/mol. The molecule has 1 aliphatic heterocycles. The van der Waals surface area contributed by atoms with Crippen LogP contribution in [-0.2, 0) is 6.42 Å². The summed E-state index contributed by atoms with van der Waals surface area (Å²) in [6.07, 6.45) is 4.81. The van der Waals surface area contributed by atoms with Gasteiger partial charge in [0, 0.05) is 24.2 Å². The van der Waals surface area contributed by atoms with Crippen LogP contribution in [0.25, 0.3) is 5.52 Å². The predicted molar refractivity (Wildman–Crippen MR) is 106 cm³/mol. The fourth-order valence-corrected chi connectivity index (χ4v) is 3.85. The van der Waals surface area contributed by atoms with Crippen molar-refractivity contribution < 1.29 is 14.3 Å². The Morgan fingerprint density at radius 2 is 2.30 bits per heavy atom. The van der Waals surface area contributed by atoms with E-state index in [-0.39, 0.29) is 12.0 Å². The number of aromatic nitrogens is 2. The van der Waals surface area contributed by atoms with Crippen molar-refractivity contribution in [1.29, 1.82) is 0 Å². The Morgan fingerprint density at radius 3 is 3.07 bits per heavy atom. The minimum absolute atomic E-state index is 0.127. The molecule has 0 bridgehead atoms. The van der Waals surface area contributed by atoms with Crippen molar-refractivity contribution in [3.8, 4) is 11.5 Å². The number of hydrogen-bond donors (Lipinski definition) is 1. The first-order chi connectivity index (χ1) is 13.1. The van der Waals surface area contributed by atoms with Crippen molar-refractivity contribution in [3.63, 3.8) is 0 Å². The molecule has 3 heterocycles. The van der Waals surface area contributed by atoms with Gasteiger partial charge in [-0.3, -0.25) is 9.20 Å². The van der Waals surface area contributed by atoms with E-state index in [1.165, 1.54) is 11.8 Å². The van der Waals surface area contributed by atoms with E-state index in [0.29, 0.717) is 23.7 Å². The summed E-state index contributed by atoms with van der Waals surface area (Å²) < 4.78 is 13.5. The molecule has 0 radical (unpaired) electrons. The number of carbonyl (C=O) groups excluding carboxylic acids is 1. The van der Waals surface area contributed by atoms with Gasteiger partial charge in [-0.05, 0) is 38.3 Å². The van der Waals surface area contributed by atoms with E-state index in [1.54, 1.807) is 0 Å². The van der Waals surface area contributed by atoms with Crippen molar-refractivity contribution in [2.24, 2.45) is 0 Å². The number of amides is 1. The Bertz CT molecular complexity index is 1020. The number of fused-ring (bicyclic) bond motifs is 2. The summed E-state index contributed by atoms with van der Waals surface area (Å²) in [5.41, 5.74) is 2.85. The maximum absolute atomic E-state index is 13.0. The zero-order valence-electron chi connectivity index (χ0n) is 15.5. The van der Waals surface area contributed by atoms with E-state index in [1.807, 2.05) is 61.0 Å². The zero-order valence-corrected chi connectivity index (χ0v) is 16.3. The third-order valence-corrected chi connectivity index (χ3v) is 5.11. The molecule has 1 aliphatic rings. The van der Waals surface area contributed by atoms with E-state index < -0.39 is 0 Å². The number of carbonyl (C=O) groups is 1. The van der Waals surface area contributed by atoms with Crippen molar-refractivity contribution in [2.45, 2.75) is 31.5 Å². The number of imidazole rings is 1. The molecule has 0 saturated carbocycles. The monoisotopic (exact) mass is 383 g/mol. The molecule has 140 valence electrons. The normalized spacial score (nSPS) is 15.4. The minimum atomic E-state index is -0.272. The number of hydrogen-bond acceptors (Lipinski definition) is 5. The second-order valence-electron chi connectivity index (χ2n) is 6.38. The van der Waals surface area contributed by atoms with Crippen molar-refractivity contribution in [1.82, 2.24) is 9.38 Å². The maximum atomic E-state index is 13.0. The van der Waals surface area contributed by atoms with Crippen molar-refractivity contribution in [2.75, 3.05) is 18.2 Å². The van der Waals surface area contributed by atoms with Crippen LogP contribution < -0.4 is 14.8 Å². The molecule has 0 spiro atoms. The lowest BCUT2D eigenvalue weighted by Crippen LogP contribution is -2.14. The van der Waals surface area contributed by atoms with E-state index in [9.17, 15) is 4.79 Å². The molecule has 2 aromatic heterocycles. The Balaban J connectivity index is 1.70. The van der Waals surface area contributed by atoms with Crippen LogP contribution in [0.15, 0.2) is 41.7 Å². The van der Waals surface area contributed by atoms with Gasteiger partial charge in [0.05, 0.1) is 17.8 Å². The maximum Gasteiger partial charge on any atom is 0.276 e. The molecule has 4 rings (SSSR count). The van der Waals surface area contributed by atoms with Gasteiger partial charge < -0.3 is 14.8 Å². The van der Waals surface area contributed by atoms with Crippen LogP contribution in [0.2, 0.25) is 0 Å². The Morgan fingerprint density at radius 1 is 1.44 bits per heavy atom. The quantitative estimate of drug-likeness (QED) is 0.674. The van der Waals surface area contributed by atoms with Crippen LogP contribution in [0.3, 0.4) is 0 Å². The summed E-state index contributed by atoms with van der Waals surface area (Å²) in [7, 11) is 0. The van der Waals surface area contributed by atoms with E-state index in [0.717, 1.165) is 28.4 Å². The lowest BCUT2D eigenvalue weighted by atomic mass is 10.1. The summed E-state index contributed by atoms with van der Waals surface area (Å²) in [5, 5.41) is 3.73. The number of ether oxygens (including phenoxy) is 2. The number of pyridine rings is 1. The lowest BCUT2D eigenvalue weighted by molar-refractivity contribution is 0.102. The molecule has 1 amide bonds. The Hall–Kier alpha value is -2.67. The van der Waals surface area contributed by atoms with E-state index in [4.69, 9.17) is 9.47 Å². The number of nitrogens with zero attached hydrogens (tertiary/aromatic N) is 2. The van der Waals surface area contributed by atoms with Gasteiger partial charge >= 0.3 is 0 Å². The van der Waals surface area contributed by atoms with Crippen LogP contribution in [-0.4, -0.2) is 34.3 Å². The highest BCUT2D eigenvalue weighted by atomic mass is 32.2. The first kappa shape index (κ1) is 17.7. The first-order valence-corrected chi connectivity index (χ1v) is 10.1. The zero-order chi connectivity index (χ0) is 19.0. The average molecular weight is 383 g/mol. The van der Waals surface area contributed by atoms with E-state index >= 15 is 0 Å². The summed E-state index contributed by atoms with van der Waals surface area (Å²) in [6.45, 7) is 4.47. The Kier molecular flexibility index (Phi) is 4.70. The molecule has 0 unspecified atom stereocenters. The average Bonchev–Trinajstić information content (AvgIpc) is 3.21. The van der Waals surface area contributed by atoms with E-state index in [2.05, 4.69) is 10.3 Å². The fraction of sp³-hybridized carbons (Fsp3) is 0.300. The van der Waals surface area contributed by atoms with Gasteiger partial charge in [0.15, 0.2) is 10.9 Å². The van der Waals surface area contributed by atoms with Crippen LogP contribution in [0.5, 0.6) is 11.5 Å². The molecule has 0 aliphatic carbocycles. The fourth-order valence-electron chi connectivity index (χ4n) is 3.31. The molecule has 1 atom stereocenters. The second kappa shape index (κ2) is 7.15. The van der Waals surface area contributed by atoms with Crippen molar-refractivity contribution >= 4 is 28.9 Å². The summed E-state index contributed by atoms with van der Waals surface area (Å²) in [4.78, 5) is 17.5. The van der Waals surface area contributed by atoms with Gasteiger partial charge in [-0.15, -0.1) is 0 Å². The number of nitrogens with one attached hydrogen (secondary N) is 1. The van der Waals surface area contributed by atoms with Crippen LogP contribution in [0.4, 0.5) is 5.69 Å². The van der Waals surface area contributed by atoms with Gasteiger partial charge in [-0.2, -0.15) is 0 Å². The second-order valence-corrected chi connectivity index (χ2v) is 7.15. The SMILES string of the molecule is CCOc1cc2c(cc1NC(=O)c1nc(SC)n3ccccc13)O[C@H](C)C2.